The molecule has 2 rings (SSSR count). The van der Waals surface area contributed by atoms with Crippen molar-refractivity contribution in [1.29, 1.82) is 0 Å². The normalized spacial score (nSPS) is 50.7. The van der Waals surface area contributed by atoms with Crippen LogP contribution in [0.25, 0.3) is 0 Å². The van der Waals surface area contributed by atoms with E-state index in [0.29, 0.717) is 11.7 Å². The molecule has 0 aromatic carbocycles. The molecule has 2 fully saturated rings. The van der Waals surface area contributed by atoms with Crippen molar-refractivity contribution in [3.63, 3.8) is 0 Å². The quantitative estimate of drug-likeness (QED) is 0.521. The molecule has 0 aromatic rings. The maximum atomic E-state index is 5.82. The Morgan fingerprint density at radius 3 is 2.18 bits per heavy atom. The highest BCUT2D eigenvalue weighted by Gasteiger charge is 2.44. The summed E-state index contributed by atoms with van der Waals surface area (Å²) in [5.41, 5.74) is 0.353. The predicted octanol–water partition coefficient (Wildman–Crippen LogP) is 2.74. The summed E-state index contributed by atoms with van der Waals surface area (Å²) in [5.74, 6) is 0.945. The molecule has 1 spiro atoms. The zero-order valence-corrected chi connectivity index (χ0v) is 7.60. The highest BCUT2D eigenvalue weighted by molar-refractivity contribution is 4.94. The van der Waals surface area contributed by atoms with Gasteiger partial charge >= 0.3 is 0 Å². The topological polar surface area (TPSA) is 9.23 Å². The lowest BCUT2D eigenvalue weighted by atomic mass is 9.73. The van der Waals surface area contributed by atoms with Gasteiger partial charge in [-0.25, -0.2) is 0 Å². The van der Waals surface area contributed by atoms with Crippen LogP contribution < -0.4 is 0 Å². The minimum atomic E-state index is 0.353. The molecule has 11 heavy (non-hydrogen) atoms. The Morgan fingerprint density at radius 1 is 1.18 bits per heavy atom. The Morgan fingerprint density at radius 2 is 1.73 bits per heavy atom. The fraction of sp³-hybridized carbons (Fsp3) is 1.00. The van der Waals surface area contributed by atoms with Gasteiger partial charge < -0.3 is 4.74 Å². The van der Waals surface area contributed by atoms with E-state index in [4.69, 9.17) is 4.74 Å². The minimum Gasteiger partial charge on any atom is -0.372 e. The molecule has 64 valence electrons. The van der Waals surface area contributed by atoms with Gasteiger partial charge in [0.2, 0.25) is 0 Å². The summed E-state index contributed by atoms with van der Waals surface area (Å²) in [7, 11) is 0. The smallest absolute Gasteiger partial charge is 0.0711 e. The molecule has 1 nitrogen and oxygen atoms in total. The predicted molar refractivity (Wildman–Crippen MR) is 45.5 cm³/mol. The summed E-state index contributed by atoms with van der Waals surface area (Å²) in [5, 5.41) is 0. The van der Waals surface area contributed by atoms with Crippen LogP contribution >= 0.6 is 0 Å². The number of rotatable bonds is 0. The Hall–Kier alpha value is -0.0400. The van der Waals surface area contributed by atoms with Crippen molar-refractivity contribution in [1.82, 2.24) is 0 Å². The summed E-state index contributed by atoms with van der Waals surface area (Å²) in [6.45, 7) is 4.54. The van der Waals surface area contributed by atoms with Crippen LogP contribution in [0, 0.1) is 5.92 Å². The van der Waals surface area contributed by atoms with Gasteiger partial charge in [0, 0.05) is 6.42 Å². The van der Waals surface area contributed by atoms with Crippen LogP contribution in [-0.4, -0.2) is 11.7 Å². The van der Waals surface area contributed by atoms with Crippen LogP contribution in [0.15, 0.2) is 0 Å². The van der Waals surface area contributed by atoms with E-state index >= 15 is 0 Å². The van der Waals surface area contributed by atoms with Crippen LogP contribution in [0.3, 0.4) is 0 Å². The molecule has 1 saturated carbocycles. The van der Waals surface area contributed by atoms with E-state index < -0.39 is 0 Å². The molecule has 0 radical (unpaired) electrons. The molecule has 0 aromatic heterocycles. The van der Waals surface area contributed by atoms with Gasteiger partial charge in [0.05, 0.1) is 11.7 Å². The largest absolute Gasteiger partial charge is 0.372 e. The van der Waals surface area contributed by atoms with Crippen molar-refractivity contribution in [3.05, 3.63) is 0 Å². The number of hydrogen-bond acceptors (Lipinski definition) is 1. The maximum Gasteiger partial charge on any atom is 0.0711 e. The fourth-order valence-corrected chi connectivity index (χ4v) is 2.55. The lowest BCUT2D eigenvalue weighted by Crippen LogP contribution is -2.50. The highest BCUT2D eigenvalue weighted by Crippen LogP contribution is 2.45. The van der Waals surface area contributed by atoms with E-state index in [1.807, 2.05) is 0 Å². The first-order valence-corrected chi connectivity index (χ1v) is 4.88. The molecular formula is C10H18O. The van der Waals surface area contributed by atoms with E-state index in [0.717, 1.165) is 5.92 Å². The van der Waals surface area contributed by atoms with Crippen molar-refractivity contribution in [3.8, 4) is 0 Å². The van der Waals surface area contributed by atoms with Crippen molar-refractivity contribution >= 4 is 0 Å². The number of ether oxygens (including phenoxy) is 1. The first kappa shape index (κ1) is 7.60. The van der Waals surface area contributed by atoms with E-state index in [9.17, 15) is 0 Å². The van der Waals surface area contributed by atoms with Gasteiger partial charge in [-0.3, -0.25) is 0 Å². The summed E-state index contributed by atoms with van der Waals surface area (Å²) in [6.07, 6.45) is 7.26. The SMILES string of the molecule is CC1CCC2(CC1)CC(C)O2. The van der Waals surface area contributed by atoms with Gasteiger partial charge in [-0.2, -0.15) is 0 Å². The number of hydrogen-bond donors (Lipinski definition) is 0. The van der Waals surface area contributed by atoms with Crippen LogP contribution in [0.1, 0.15) is 46.0 Å². The summed E-state index contributed by atoms with van der Waals surface area (Å²) >= 11 is 0. The Kier molecular flexibility index (Phi) is 1.71. The monoisotopic (exact) mass is 154 g/mol. The maximum absolute atomic E-state index is 5.82. The van der Waals surface area contributed by atoms with Crippen molar-refractivity contribution in [2.45, 2.75) is 57.7 Å². The van der Waals surface area contributed by atoms with Crippen LogP contribution in [-0.2, 0) is 4.74 Å². The van der Waals surface area contributed by atoms with Gasteiger partial charge in [0.25, 0.3) is 0 Å². The Bertz CT molecular complexity index is 137. The van der Waals surface area contributed by atoms with E-state index in [-0.39, 0.29) is 0 Å². The summed E-state index contributed by atoms with van der Waals surface area (Å²) in [6, 6.07) is 0. The van der Waals surface area contributed by atoms with Crippen molar-refractivity contribution in [2.24, 2.45) is 5.92 Å². The van der Waals surface area contributed by atoms with Gasteiger partial charge in [0.15, 0.2) is 0 Å². The van der Waals surface area contributed by atoms with Crippen LogP contribution in [0.4, 0.5) is 0 Å². The third-order valence-corrected chi connectivity index (χ3v) is 3.30. The molecule has 2 aliphatic rings. The molecule has 1 saturated heterocycles. The fourth-order valence-electron chi connectivity index (χ4n) is 2.55. The van der Waals surface area contributed by atoms with E-state index in [2.05, 4.69) is 13.8 Å². The molecule has 1 aliphatic heterocycles. The molecule has 0 N–H and O–H groups in total. The average molecular weight is 154 g/mol. The van der Waals surface area contributed by atoms with Crippen molar-refractivity contribution < 1.29 is 4.74 Å². The molecular weight excluding hydrogens is 136 g/mol. The molecule has 1 atom stereocenters. The molecule has 1 heterocycles. The first-order chi connectivity index (χ1) is 5.20. The van der Waals surface area contributed by atoms with E-state index in [1.165, 1.54) is 32.1 Å². The van der Waals surface area contributed by atoms with Gasteiger partial charge in [-0.15, -0.1) is 0 Å². The molecule has 0 amide bonds. The average Bonchev–Trinajstić information content (AvgIpc) is 1.92. The van der Waals surface area contributed by atoms with Gasteiger partial charge in [0.1, 0.15) is 0 Å². The Balaban J connectivity index is 1.88. The third kappa shape index (κ3) is 1.31. The van der Waals surface area contributed by atoms with Crippen molar-refractivity contribution in [2.75, 3.05) is 0 Å². The third-order valence-electron chi connectivity index (χ3n) is 3.30. The zero-order valence-electron chi connectivity index (χ0n) is 7.60. The standard InChI is InChI=1S/C10H18O/c1-8-3-5-10(6-4-8)7-9(2)11-10/h8-9H,3-7H2,1-2H3. The second-order valence-corrected chi connectivity index (χ2v) is 4.50. The zero-order chi connectivity index (χ0) is 7.90. The van der Waals surface area contributed by atoms with Gasteiger partial charge in [-0.05, 0) is 38.5 Å². The van der Waals surface area contributed by atoms with E-state index in [1.54, 1.807) is 0 Å². The molecule has 0 bridgehead atoms. The second-order valence-electron chi connectivity index (χ2n) is 4.50. The highest BCUT2D eigenvalue weighted by atomic mass is 16.5. The second kappa shape index (κ2) is 2.48. The molecule has 1 heteroatoms. The minimum absolute atomic E-state index is 0.353. The lowest BCUT2D eigenvalue weighted by molar-refractivity contribution is -0.215. The molecule has 1 unspecified atom stereocenters. The van der Waals surface area contributed by atoms with Crippen LogP contribution in [0.2, 0.25) is 0 Å². The summed E-state index contributed by atoms with van der Waals surface area (Å²) in [4.78, 5) is 0. The summed E-state index contributed by atoms with van der Waals surface area (Å²) < 4.78 is 5.82. The van der Waals surface area contributed by atoms with Gasteiger partial charge in [-0.1, -0.05) is 6.92 Å². The first-order valence-electron chi connectivity index (χ1n) is 4.88. The molecule has 1 aliphatic carbocycles. The Labute approximate surface area is 69.1 Å². The van der Waals surface area contributed by atoms with Crippen LogP contribution in [0.5, 0.6) is 0 Å². The lowest BCUT2D eigenvalue weighted by Gasteiger charge is -2.50.